The third-order valence-electron chi connectivity index (χ3n) is 9.41. The van der Waals surface area contributed by atoms with Crippen LogP contribution in [0.4, 0.5) is 0 Å². The van der Waals surface area contributed by atoms with Gasteiger partial charge in [0.15, 0.2) is 5.79 Å². The van der Waals surface area contributed by atoms with Crippen molar-refractivity contribution in [3.8, 4) is 0 Å². The molecule has 0 aromatic rings. The highest BCUT2D eigenvalue weighted by Gasteiger charge is 2.31. The Labute approximate surface area is 281 Å². The molecule has 1 aliphatic heterocycles. The first-order chi connectivity index (χ1) is 22.1. The molecular formula is C39H80N6. The summed E-state index contributed by atoms with van der Waals surface area (Å²) in [5.41, 5.74) is 6.88. The number of rotatable bonds is 33. The van der Waals surface area contributed by atoms with Gasteiger partial charge in [-0.3, -0.25) is 21.0 Å². The minimum absolute atomic E-state index is 0.682. The second-order valence-electron chi connectivity index (χ2n) is 14.1. The molecular weight excluding hydrogens is 552 g/mol. The van der Waals surface area contributed by atoms with Crippen molar-refractivity contribution in [3.63, 3.8) is 0 Å². The molecule has 1 rings (SSSR count). The third-order valence-corrected chi connectivity index (χ3v) is 9.41. The molecule has 0 radical (unpaired) electrons. The predicted octanol–water partition coefficient (Wildman–Crippen LogP) is 11.2. The lowest BCUT2D eigenvalue weighted by Gasteiger charge is -2.39. The number of hydrogen-bond acceptors (Lipinski definition) is 3. The molecule has 1 fully saturated rings. The summed E-state index contributed by atoms with van der Waals surface area (Å²) >= 11 is 0. The molecule has 6 heteroatoms. The van der Waals surface area contributed by atoms with Gasteiger partial charge in [0.2, 0.25) is 11.9 Å². The number of nitrogens with one attached hydrogen (secondary N) is 3. The zero-order valence-electron chi connectivity index (χ0n) is 30.8. The van der Waals surface area contributed by atoms with Crippen LogP contribution in [0.25, 0.3) is 0 Å². The maximum Gasteiger partial charge on any atom is 0.200 e. The van der Waals surface area contributed by atoms with Crippen LogP contribution < -0.4 is 21.7 Å². The Balaban J connectivity index is 2.41. The van der Waals surface area contributed by atoms with Gasteiger partial charge in [-0.25, -0.2) is 0 Å². The van der Waals surface area contributed by atoms with Crippen molar-refractivity contribution in [2.45, 2.75) is 226 Å². The van der Waals surface area contributed by atoms with Gasteiger partial charge in [-0.2, -0.15) is 0 Å². The van der Waals surface area contributed by atoms with Crippen LogP contribution in [0.3, 0.4) is 0 Å². The summed E-state index contributed by atoms with van der Waals surface area (Å²) in [5.74, 6) is 0.903. The van der Waals surface area contributed by atoms with Crippen molar-refractivity contribution < 1.29 is 0 Å². The summed E-state index contributed by atoms with van der Waals surface area (Å²) in [6.45, 7) is 8.55. The molecule has 45 heavy (non-hydrogen) atoms. The maximum absolute atomic E-state index is 6.88. The van der Waals surface area contributed by atoms with E-state index in [1.807, 2.05) is 0 Å². The summed E-state index contributed by atoms with van der Waals surface area (Å²) in [6.07, 6.45) is 41.1. The Hall–Kier alpha value is -1.30. The van der Waals surface area contributed by atoms with Crippen molar-refractivity contribution in [2.24, 2.45) is 15.7 Å². The Kier molecular flexibility index (Phi) is 29.0. The lowest BCUT2D eigenvalue weighted by Crippen LogP contribution is -2.75. The van der Waals surface area contributed by atoms with Crippen LogP contribution in [0, 0.1) is 0 Å². The molecule has 0 aromatic heterocycles. The number of nitrogens with zero attached hydrogens (tertiary/aromatic N) is 2. The van der Waals surface area contributed by atoms with E-state index in [1.54, 1.807) is 0 Å². The molecule has 0 unspecified atom stereocenters. The van der Waals surface area contributed by atoms with Gasteiger partial charge in [0.1, 0.15) is 0 Å². The summed E-state index contributed by atoms with van der Waals surface area (Å²) in [4.78, 5) is 9.79. The van der Waals surface area contributed by atoms with Gasteiger partial charge in [0.25, 0.3) is 0 Å². The van der Waals surface area contributed by atoms with Crippen LogP contribution in [-0.2, 0) is 0 Å². The summed E-state index contributed by atoms with van der Waals surface area (Å²) < 4.78 is 0. The van der Waals surface area contributed by atoms with E-state index in [1.165, 1.54) is 173 Å². The average Bonchev–Trinajstić information content (AvgIpc) is 3.03. The molecule has 0 aliphatic carbocycles. The molecule has 266 valence electrons. The number of unbranched alkanes of at least 4 members (excludes halogenated alkanes) is 27. The van der Waals surface area contributed by atoms with E-state index in [2.05, 4.69) is 36.7 Å². The topological polar surface area (TPSA) is 86.8 Å². The van der Waals surface area contributed by atoms with Crippen molar-refractivity contribution in [2.75, 3.05) is 13.1 Å². The van der Waals surface area contributed by atoms with Crippen molar-refractivity contribution in [1.29, 1.82) is 0 Å². The van der Waals surface area contributed by atoms with Gasteiger partial charge in [0.05, 0.1) is 0 Å². The largest absolute Gasteiger partial charge is 0.321 e. The summed E-state index contributed by atoms with van der Waals surface area (Å²) in [6, 6.07) is 0. The van der Waals surface area contributed by atoms with E-state index in [0.717, 1.165) is 50.7 Å². The van der Waals surface area contributed by atoms with Gasteiger partial charge in [-0.05, 0) is 19.3 Å². The second kappa shape index (κ2) is 31.3. The first-order valence-corrected chi connectivity index (χ1v) is 20.3. The van der Waals surface area contributed by atoms with E-state index in [9.17, 15) is 0 Å². The quantitative estimate of drug-likeness (QED) is 0.0542. The van der Waals surface area contributed by atoms with Crippen LogP contribution in [0.5, 0.6) is 0 Å². The van der Waals surface area contributed by atoms with Crippen LogP contribution in [0.1, 0.15) is 220 Å². The number of aliphatic imine (C=N–C) groups is 2. The van der Waals surface area contributed by atoms with Crippen molar-refractivity contribution in [1.82, 2.24) is 16.0 Å². The number of nitrogens with two attached hydrogens (primary N) is 1. The molecule has 0 spiro atoms. The molecule has 1 aliphatic rings. The third kappa shape index (κ3) is 26.5. The van der Waals surface area contributed by atoms with E-state index < -0.39 is 5.79 Å². The first kappa shape index (κ1) is 41.7. The SMILES string of the molecule is CCCCCCCCCCCCN=C1NC(=NCCCCCCCCCCCC)NC(N)(CCCCCCCCCCCC)N1. The Morgan fingerprint density at radius 3 is 0.978 bits per heavy atom. The average molecular weight is 633 g/mol. The molecule has 0 bridgehead atoms. The normalized spacial score (nSPS) is 18.3. The molecule has 5 N–H and O–H groups in total. The van der Waals surface area contributed by atoms with Gasteiger partial charge in [-0.1, -0.05) is 194 Å². The molecule has 6 nitrogen and oxygen atoms in total. The Morgan fingerprint density at radius 1 is 0.400 bits per heavy atom. The van der Waals surface area contributed by atoms with Crippen LogP contribution in [0.2, 0.25) is 0 Å². The standard InChI is InChI=1S/C39H80N6/c1-4-7-10-13-16-19-22-25-28-31-34-39(40)44-37(41-35-32-29-26-23-20-17-14-11-8-5-2)43-38(45-39)42-36-33-30-27-24-21-18-15-12-9-6-3/h4-36,40H2,1-3H3,(H3,41,42,43,44,45). The van der Waals surface area contributed by atoms with E-state index >= 15 is 0 Å². The van der Waals surface area contributed by atoms with Crippen molar-refractivity contribution in [3.05, 3.63) is 0 Å². The minimum atomic E-state index is -0.682. The highest BCUT2D eigenvalue weighted by atomic mass is 15.5. The zero-order chi connectivity index (χ0) is 32.5. The highest BCUT2D eigenvalue weighted by molar-refractivity contribution is 6.01. The van der Waals surface area contributed by atoms with Crippen LogP contribution in [-0.4, -0.2) is 30.8 Å². The van der Waals surface area contributed by atoms with Gasteiger partial charge < -0.3 is 10.6 Å². The van der Waals surface area contributed by atoms with Gasteiger partial charge >= 0.3 is 0 Å². The molecule has 0 aromatic carbocycles. The molecule has 0 saturated carbocycles. The maximum atomic E-state index is 6.88. The van der Waals surface area contributed by atoms with Crippen LogP contribution >= 0.6 is 0 Å². The van der Waals surface area contributed by atoms with Crippen LogP contribution in [0.15, 0.2) is 9.98 Å². The monoisotopic (exact) mass is 633 g/mol. The van der Waals surface area contributed by atoms with Crippen molar-refractivity contribution >= 4 is 11.9 Å². The Morgan fingerprint density at radius 2 is 0.667 bits per heavy atom. The summed E-state index contributed by atoms with van der Waals surface area (Å²) in [5, 5.41) is 10.4. The fraction of sp³-hybridized carbons (Fsp3) is 0.949. The predicted molar refractivity (Wildman–Crippen MR) is 201 cm³/mol. The van der Waals surface area contributed by atoms with E-state index in [4.69, 9.17) is 15.7 Å². The molecule has 0 atom stereocenters. The number of guanidine groups is 2. The number of hydrogen-bond donors (Lipinski definition) is 4. The Bertz CT molecular complexity index is 649. The zero-order valence-corrected chi connectivity index (χ0v) is 30.8. The van der Waals surface area contributed by atoms with Gasteiger partial charge in [-0.15, -0.1) is 0 Å². The lowest BCUT2D eigenvalue weighted by atomic mass is 10.0. The fourth-order valence-electron chi connectivity index (χ4n) is 6.38. The lowest BCUT2D eigenvalue weighted by molar-refractivity contribution is 0.305. The molecule has 1 saturated heterocycles. The highest BCUT2D eigenvalue weighted by Crippen LogP contribution is 2.15. The first-order valence-electron chi connectivity index (χ1n) is 20.3. The molecule has 0 amide bonds. The second-order valence-corrected chi connectivity index (χ2v) is 14.1. The fourth-order valence-corrected chi connectivity index (χ4v) is 6.38. The smallest absolute Gasteiger partial charge is 0.200 e. The minimum Gasteiger partial charge on any atom is -0.321 e. The molecule has 1 heterocycles. The van der Waals surface area contributed by atoms with Gasteiger partial charge in [0, 0.05) is 19.5 Å². The van der Waals surface area contributed by atoms with E-state index in [-0.39, 0.29) is 0 Å². The summed E-state index contributed by atoms with van der Waals surface area (Å²) in [7, 11) is 0. The van der Waals surface area contributed by atoms with E-state index in [0.29, 0.717) is 0 Å².